The first kappa shape index (κ1) is 24.0. The van der Waals surface area contributed by atoms with Gasteiger partial charge in [0.25, 0.3) is 0 Å². The maximum atomic E-state index is 11.9. The van der Waals surface area contributed by atoms with E-state index < -0.39 is 0 Å². The van der Waals surface area contributed by atoms with Gasteiger partial charge in [-0.15, -0.1) is 0 Å². The topological polar surface area (TPSA) is 95.4 Å². The Labute approximate surface area is 210 Å². The van der Waals surface area contributed by atoms with Crippen molar-refractivity contribution in [1.29, 1.82) is 0 Å². The third-order valence-electron chi connectivity index (χ3n) is 6.88. The smallest absolute Gasteiger partial charge is 0.324 e. The quantitative estimate of drug-likeness (QED) is 0.308. The Morgan fingerprint density at radius 1 is 0.944 bits per heavy atom. The summed E-state index contributed by atoms with van der Waals surface area (Å²) in [5.41, 5.74) is 7.67. The van der Waals surface area contributed by atoms with Gasteiger partial charge in [0.1, 0.15) is 12.0 Å². The van der Waals surface area contributed by atoms with Crippen LogP contribution in [0, 0.1) is 0 Å². The average molecular weight is 480 g/mol. The van der Waals surface area contributed by atoms with Crippen LogP contribution in [0.5, 0.6) is 0 Å². The summed E-state index contributed by atoms with van der Waals surface area (Å²) in [6, 6.07) is 12.4. The third kappa shape index (κ3) is 5.26. The van der Waals surface area contributed by atoms with Crippen LogP contribution in [0.4, 0.5) is 0 Å². The number of rotatable bonds is 6. The molecule has 2 aromatic heterocycles. The molecule has 0 atom stereocenters. The summed E-state index contributed by atoms with van der Waals surface area (Å²) in [6.45, 7) is 5.65. The molecule has 0 spiro atoms. The molecule has 9 heteroatoms. The first-order valence-corrected chi connectivity index (χ1v) is 12.2. The Balaban J connectivity index is 0.000000148. The lowest BCUT2D eigenvalue weighted by Crippen LogP contribution is -2.24. The number of aromatic nitrogens is 2. The van der Waals surface area contributed by atoms with Gasteiger partial charge in [0.15, 0.2) is 31.0 Å². The van der Waals surface area contributed by atoms with Gasteiger partial charge in [0, 0.05) is 12.8 Å². The molecule has 0 saturated heterocycles. The maximum Gasteiger partial charge on any atom is 0.324 e. The number of benzene rings is 2. The zero-order valence-corrected chi connectivity index (χ0v) is 20.4. The summed E-state index contributed by atoms with van der Waals surface area (Å²) in [6.07, 6.45) is 8.51. The Bertz CT molecular complexity index is 1260. The van der Waals surface area contributed by atoms with Gasteiger partial charge in [0.05, 0.1) is 12.8 Å². The van der Waals surface area contributed by atoms with E-state index in [1.807, 2.05) is 25.0 Å². The number of oxazole rings is 2. The van der Waals surface area contributed by atoms with Crippen LogP contribution in [0.15, 0.2) is 70.5 Å². The molecule has 4 aromatic rings. The number of ketones is 2. The minimum Gasteiger partial charge on any atom is -0.451 e. The minimum atomic E-state index is -0.0565. The molecule has 0 N–H and O–H groups in total. The molecule has 0 fully saturated rings. The van der Waals surface area contributed by atoms with Crippen LogP contribution in [0.1, 0.15) is 43.3 Å². The summed E-state index contributed by atoms with van der Waals surface area (Å²) in [7, 11) is 0. The van der Waals surface area contributed by atoms with Gasteiger partial charge in [-0.05, 0) is 28.6 Å². The molecular weight excluding hydrogens is 454 g/mol. The van der Waals surface area contributed by atoms with Gasteiger partial charge >= 0.3 is 6.92 Å². The molecule has 0 bridgehead atoms. The monoisotopic (exact) mass is 480 g/mol. The highest BCUT2D eigenvalue weighted by atomic mass is 16.4. The number of carbonyl (C=O) groups excluding carboxylic acids is 2. The van der Waals surface area contributed by atoms with Gasteiger partial charge < -0.3 is 13.5 Å². The van der Waals surface area contributed by atoms with Gasteiger partial charge in [-0.1, -0.05) is 67.4 Å². The van der Waals surface area contributed by atoms with Crippen molar-refractivity contribution in [2.45, 2.75) is 45.8 Å². The Hall–Kier alpha value is -3.71. The second-order valence-corrected chi connectivity index (χ2v) is 9.40. The van der Waals surface area contributed by atoms with Crippen LogP contribution in [0.3, 0.4) is 0 Å². The van der Waals surface area contributed by atoms with E-state index in [0.29, 0.717) is 37.6 Å². The minimum absolute atomic E-state index is 0.00866. The molecule has 0 aliphatic carbocycles. The largest absolute Gasteiger partial charge is 0.451 e. The SMILES string of the molecule is CB1CCc2ccc(CC(=O)c3cocn3)cc21.CB1OCc2ccc(CC(=O)c3cnco3)cc21. The second-order valence-electron chi connectivity index (χ2n) is 9.40. The van der Waals surface area contributed by atoms with Gasteiger partial charge in [-0.3, -0.25) is 9.59 Å². The number of nitrogens with zero attached hydrogens (tertiary/aromatic N) is 2. The zero-order valence-electron chi connectivity index (χ0n) is 20.4. The van der Waals surface area contributed by atoms with E-state index in [2.05, 4.69) is 35.0 Å². The Kier molecular flexibility index (Phi) is 7.00. The molecule has 0 saturated carbocycles. The fourth-order valence-electron chi connectivity index (χ4n) is 4.79. The number of fused-ring (bicyclic) bond motifs is 2. The molecule has 0 amide bonds. The van der Waals surface area contributed by atoms with E-state index in [9.17, 15) is 9.59 Å². The van der Waals surface area contributed by atoms with Crippen molar-refractivity contribution in [1.82, 2.24) is 9.97 Å². The van der Waals surface area contributed by atoms with Crippen molar-refractivity contribution in [3.8, 4) is 0 Å². The number of hydrogen-bond donors (Lipinski definition) is 0. The molecule has 2 aromatic carbocycles. The number of carbonyl (C=O) groups is 2. The normalized spacial score (nSPS) is 13.7. The highest BCUT2D eigenvalue weighted by molar-refractivity contribution is 6.73. The average Bonchev–Trinajstić information content (AvgIpc) is 3.69. The molecule has 4 heterocycles. The van der Waals surface area contributed by atoms with E-state index in [0.717, 1.165) is 17.5 Å². The van der Waals surface area contributed by atoms with Crippen LogP contribution < -0.4 is 10.9 Å². The molecule has 7 nitrogen and oxygen atoms in total. The predicted molar refractivity (Wildman–Crippen MR) is 138 cm³/mol. The van der Waals surface area contributed by atoms with Crippen molar-refractivity contribution in [3.63, 3.8) is 0 Å². The van der Waals surface area contributed by atoms with E-state index >= 15 is 0 Å². The summed E-state index contributed by atoms with van der Waals surface area (Å²) in [5, 5.41) is 0. The first-order valence-electron chi connectivity index (χ1n) is 12.2. The third-order valence-corrected chi connectivity index (χ3v) is 6.88. The van der Waals surface area contributed by atoms with Crippen LogP contribution in [-0.2, 0) is 30.5 Å². The second kappa shape index (κ2) is 10.5. The van der Waals surface area contributed by atoms with Crippen molar-refractivity contribution in [3.05, 3.63) is 95.4 Å². The van der Waals surface area contributed by atoms with E-state index in [-0.39, 0.29) is 18.5 Å². The Morgan fingerprint density at radius 3 is 2.42 bits per heavy atom. The Morgan fingerprint density at radius 2 is 1.69 bits per heavy atom. The molecule has 180 valence electrons. The molecule has 6 rings (SSSR count). The van der Waals surface area contributed by atoms with Crippen molar-refractivity contribution in [2.75, 3.05) is 0 Å². The fourth-order valence-corrected chi connectivity index (χ4v) is 4.79. The van der Waals surface area contributed by atoms with Gasteiger partial charge in [0.2, 0.25) is 5.78 Å². The van der Waals surface area contributed by atoms with E-state index in [1.54, 1.807) is 0 Å². The molecule has 0 radical (unpaired) electrons. The lowest BCUT2D eigenvalue weighted by molar-refractivity contribution is 0.0964. The molecule has 2 aliphatic heterocycles. The van der Waals surface area contributed by atoms with Crippen molar-refractivity contribution < 1.29 is 23.1 Å². The van der Waals surface area contributed by atoms with Crippen molar-refractivity contribution >= 4 is 36.1 Å². The highest BCUT2D eigenvalue weighted by Crippen LogP contribution is 2.17. The van der Waals surface area contributed by atoms with Crippen LogP contribution >= 0.6 is 0 Å². The van der Waals surface area contributed by atoms with Crippen molar-refractivity contribution in [2.24, 2.45) is 0 Å². The predicted octanol–water partition coefficient (Wildman–Crippen LogP) is 3.45. The molecule has 0 unspecified atom stereocenters. The van der Waals surface area contributed by atoms with E-state index in [1.165, 1.54) is 53.6 Å². The summed E-state index contributed by atoms with van der Waals surface area (Å²) < 4.78 is 15.4. The highest BCUT2D eigenvalue weighted by Gasteiger charge is 2.24. The molecule has 36 heavy (non-hydrogen) atoms. The summed E-state index contributed by atoms with van der Waals surface area (Å²) in [5.74, 6) is 0.258. The van der Waals surface area contributed by atoms with Gasteiger partial charge in [-0.2, -0.15) is 0 Å². The van der Waals surface area contributed by atoms with E-state index in [4.69, 9.17) is 13.5 Å². The standard InChI is InChI=1S/C14H14BNO2.C13H12BNO3/c1-15-5-4-11-3-2-10(6-12(11)15)7-14(17)13-8-18-9-16-13;1-14-11-4-9(2-3-10(11)7-18-14)5-12(16)13-6-15-8-17-13/h2-3,6,8-9H,4-5,7H2,1H3;2-4,6,8H,5,7H2,1H3. The van der Waals surface area contributed by atoms with Crippen LogP contribution in [-0.4, -0.2) is 35.2 Å². The summed E-state index contributed by atoms with van der Waals surface area (Å²) >= 11 is 0. The number of Topliss-reactive ketones (excluding diaryl/α,β-unsaturated/α-hetero) is 2. The lowest BCUT2D eigenvalue weighted by Gasteiger charge is -2.05. The fraction of sp³-hybridized carbons (Fsp3) is 0.259. The number of aryl methyl sites for hydroxylation is 1. The first-order chi connectivity index (χ1) is 17.5. The van der Waals surface area contributed by atoms with Crippen LogP contribution in [0.2, 0.25) is 20.0 Å². The lowest BCUT2D eigenvalue weighted by atomic mass is 9.48. The maximum absolute atomic E-state index is 11.9. The van der Waals surface area contributed by atoms with Crippen LogP contribution in [0.25, 0.3) is 0 Å². The molecular formula is C27H26B2N2O5. The zero-order chi connectivity index (χ0) is 25.1. The van der Waals surface area contributed by atoms with Gasteiger partial charge in [-0.25, -0.2) is 9.97 Å². The molecule has 2 aliphatic rings. The summed E-state index contributed by atoms with van der Waals surface area (Å²) in [4.78, 5) is 31.5. The number of hydrogen-bond acceptors (Lipinski definition) is 7.